The van der Waals surface area contributed by atoms with Crippen molar-refractivity contribution in [2.45, 2.75) is 6.92 Å². The van der Waals surface area contributed by atoms with Gasteiger partial charge in [0, 0.05) is 0 Å². The van der Waals surface area contributed by atoms with Gasteiger partial charge in [-0.25, -0.2) is 14.2 Å². The molecule has 1 aromatic carbocycles. The van der Waals surface area contributed by atoms with E-state index < -0.39 is 11.8 Å². The second-order valence-electron chi connectivity index (χ2n) is 3.36. The summed E-state index contributed by atoms with van der Waals surface area (Å²) >= 11 is 5.65. The van der Waals surface area contributed by atoms with Crippen molar-refractivity contribution < 1.29 is 18.3 Å². The standard InChI is InChI=1S/C12H9ClFNO3/c1-2-17-12(16)9-6-18-11(15-9)7-4-3-5-8(13)10(7)14/h3-6H,2H2,1H3. The first-order valence-electron chi connectivity index (χ1n) is 5.20. The number of oxazole rings is 1. The van der Waals surface area contributed by atoms with Crippen molar-refractivity contribution >= 4 is 17.6 Å². The summed E-state index contributed by atoms with van der Waals surface area (Å²) in [7, 11) is 0. The van der Waals surface area contributed by atoms with Crippen molar-refractivity contribution in [2.24, 2.45) is 0 Å². The Balaban J connectivity index is 2.35. The Hall–Kier alpha value is -1.88. The SMILES string of the molecule is CCOC(=O)c1coc(-c2cccc(Cl)c2F)n1. The van der Waals surface area contributed by atoms with Gasteiger partial charge in [0.2, 0.25) is 5.89 Å². The van der Waals surface area contributed by atoms with E-state index in [4.69, 9.17) is 20.8 Å². The van der Waals surface area contributed by atoms with Gasteiger partial charge < -0.3 is 9.15 Å². The van der Waals surface area contributed by atoms with E-state index in [1.807, 2.05) is 0 Å². The predicted molar refractivity (Wildman–Crippen MR) is 62.9 cm³/mol. The maximum Gasteiger partial charge on any atom is 0.360 e. The maximum atomic E-state index is 13.7. The average molecular weight is 270 g/mol. The van der Waals surface area contributed by atoms with Crippen LogP contribution in [0.5, 0.6) is 0 Å². The monoisotopic (exact) mass is 269 g/mol. The zero-order chi connectivity index (χ0) is 13.1. The van der Waals surface area contributed by atoms with Crippen LogP contribution in [0.1, 0.15) is 17.4 Å². The van der Waals surface area contributed by atoms with E-state index in [0.29, 0.717) is 0 Å². The van der Waals surface area contributed by atoms with Crippen LogP contribution >= 0.6 is 11.6 Å². The van der Waals surface area contributed by atoms with Crippen LogP contribution in [0.3, 0.4) is 0 Å². The Morgan fingerprint density at radius 2 is 2.33 bits per heavy atom. The summed E-state index contributed by atoms with van der Waals surface area (Å²) in [5, 5.41) is -0.0385. The van der Waals surface area contributed by atoms with Gasteiger partial charge in [0.1, 0.15) is 6.26 Å². The van der Waals surface area contributed by atoms with E-state index in [-0.39, 0.29) is 28.8 Å². The molecular weight excluding hydrogens is 261 g/mol. The lowest BCUT2D eigenvalue weighted by Gasteiger charge is -1.99. The van der Waals surface area contributed by atoms with Crippen LogP contribution in [0.15, 0.2) is 28.9 Å². The van der Waals surface area contributed by atoms with Gasteiger partial charge in [-0.1, -0.05) is 17.7 Å². The third-order valence-electron chi connectivity index (χ3n) is 2.17. The molecule has 0 atom stereocenters. The van der Waals surface area contributed by atoms with Crippen LogP contribution in [0.2, 0.25) is 5.02 Å². The van der Waals surface area contributed by atoms with Gasteiger partial charge in [-0.15, -0.1) is 0 Å². The molecular formula is C12H9ClFNO3. The molecule has 18 heavy (non-hydrogen) atoms. The second-order valence-corrected chi connectivity index (χ2v) is 3.77. The largest absolute Gasteiger partial charge is 0.461 e. The lowest BCUT2D eigenvalue weighted by atomic mass is 10.2. The molecule has 0 unspecified atom stereocenters. The minimum atomic E-state index is -0.642. The molecule has 0 amide bonds. The third kappa shape index (κ3) is 2.36. The summed E-state index contributed by atoms with van der Waals surface area (Å²) in [5.41, 5.74) is 0.0873. The van der Waals surface area contributed by atoms with Crippen LogP contribution in [0, 0.1) is 5.82 Å². The number of hydrogen-bond acceptors (Lipinski definition) is 4. The Morgan fingerprint density at radius 1 is 1.56 bits per heavy atom. The number of nitrogens with zero attached hydrogens (tertiary/aromatic N) is 1. The summed E-state index contributed by atoms with van der Waals surface area (Å²) < 4.78 is 23.5. The summed E-state index contributed by atoms with van der Waals surface area (Å²) in [5.74, 6) is -1.27. The van der Waals surface area contributed by atoms with Crippen molar-refractivity contribution in [1.82, 2.24) is 4.98 Å². The van der Waals surface area contributed by atoms with E-state index in [9.17, 15) is 9.18 Å². The molecule has 0 N–H and O–H groups in total. The Kier molecular flexibility index (Phi) is 3.62. The molecule has 0 saturated heterocycles. The molecule has 0 saturated carbocycles. The predicted octanol–water partition coefficient (Wildman–Crippen LogP) is 3.31. The molecule has 0 aliphatic carbocycles. The lowest BCUT2D eigenvalue weighted by Crippen LogP contribution is -2.04. The second kappa shape index (κ2) is 5.18. The van der Waals surface area contributed by atoms with Crippen molar-refractivity contribution in [2.75, 3.05) is 6.61 Å². The third-order valence-corrected chi connectivity index (χ3v) is 2.46. The van der Waals surface area contributed by atoms with Gasteiger partial charge in [-0.3, -0.25) is 0 Å². The number of hydrogen-bond donors (Lipinski definition) is 0. The molecule has 0 fully saturated rings. The van der Waals surface area contributed by atoms with Crippen LogP contribution in [-0.2, 0) is 4.74 Å². The number of aromatic nitrogens is 1. The zero-order valence-electron chi connectivity index (χ0n) is 9.44. The van der Waals surface area contributed by atoms with E-state index in [2.05, 4.69) is 4.98 Å². The molecule has 2 aromatic rings. The number of rotatable bonds is 3. The van der Waals surface area contributed by atoms with Crippen LogP contribution < -0.4 is 0 Å². The van der Waals surface area contributed by atoms with Gasteiger partial charge in [0.25, 0.3) is 0 Å². The fraction of sp³-hybridized carbons (Fsp3) is 0.167. The van der Waals surface area contributed by atoms with Gasteiger partial charge in [-0.05, 0) is 19.1 Å². The molecule has 94 valence electrons. The highest BCUT2D eigenvalue weighted by Crippen LogP contribution is 2.26. The van der Waals surface area contributed by atoms with Crippen molar-refractivity contribution in [3.8, 4) is 11.5 Å². The molecule has 2 rings (SSSR count). The molecule has 0 aliphatic rings. The minimum Gasteiger partial charge on any atom is -0.461 e. The van der Waals surface area contributed by atoms with E-state index >= 15 is 0 Å². The Morgan fingerprint density at radius 3 is 3.06 bits per heavy atom. The fourth-order valence-electron chi connectivity index (χ4n) is 1.37. The molecule has 0 radical (unpaired) electrons. The highest BCUT2D eigenvalue weighted by atomic mass is 35.5. The van der Waals surface area contributed by atoms with Crippen LogP contribution in [0.4, 0.5) is 4.39 Å². The molecule has 1 heterocycles. The Labute approximate surface area is 107 Å². The quantitative estimate of drug-likeness (QED) is 0.802. The van der Waals surface area contributed by atoms with Crippen LogP contribution in [-0.4, -0.2) is 17.6 Å². The summed E-state index contributed by atoms with van der Waals surface area (Å²) in [4.78, 5) is 15.2. The highest BCUT2D eigenvalue weighted by Gasteiger charge is 2.17. The lowest BCUT2D eigenvalue weighted by molar-refractivity contribution is 0.0519. The number of ether oxygens (including phenoxy) is 1. The van der Waals surface area contributed by atoms with Crippen LogP contribution in [0.25, 0.3) is 11.5 Å². The van der Waals surface area contributed by atoms with Crippen molar-refractivity contribution in [3.63, 3.8) is 0 Å². The summed E-state index contributed by atoms with van der Waals surface area (Å²) in [6, 6.07) is 4.44. The van der Waals surface area contributed by atoms with Gasteiger partial charge in [0.05, 0.1) is 17.2 Å². The average Bonchev–Trinajstić information content (AvgIpc) is 2.82. The number of carbonyl (C=O) groups is 1. The normalized spacial score (nSPS) is 10.4. The molecule has 0 aliphatic heterocycles. The number of benzene rings is 1. The minimum absolute atomic E-state index is 0.00812. The number of halogens is 2. The first-order chi connectivity index (χ1) is 8.63. The molecule has 6 heteroatoms. The zero-order valence-corrected chi connectivity index (χ0v) is 10.2. The molecule has 1 aromatic heterocycles. The maximum absolute atomic E-state index is 13.7. The van der Waals surface area contributed by atoms with Gasteiger partial charge >= 0.3 is 5.97 Å². The first kappa shape index (κ1) is 12.6. The number of carbonyl (C=O) groups excluding carboxylic acids is 1. The van der Waals surface area contributed by atoms with Gasteiger partial charge in [-0.2, -0.15) is 0 Å². The molecule has 0 spiro atoms. The van der Waals surface area contributed by atoms with E-state index in [1.165, 1.54) is 12.1 Å². The summed E-state index contributed by atoms with van der Waals surface area (Å²) in [6.45, 7) is 1.90. The van der Waals surface area contributed by atoms with E-state index in [1.54, 1.807) is 13.0 Å². The van der Waals surface area contributed by atoms with Gasteiger partial charge in [0.15, 0.2) is 11.5 Å². The fourth-order valence-corrected chi connectivity index (χ4v) is 1.54. The first-order valence-corrected chi connectivity index (χ1v) is 5.58. The molecule has 4 nitrogen and oxygen atoms in total. The molecule has 0 bridgehead atoms. The summed E-state index contributed by atoms with van der Waals surface area (Å²) in [6.07, 6.45) is 1.12. The topological polar surface area (TPSA) is 52.3 Å². The van der Waals surface area contributed by atoms with Crippen molar-refractivity contribution in [1.29, 1.82) is 0 Å². The van der Waals surface area contributed by atoms with Crippen molar-refractivity contribution in [3.05, 3.63) is 41.0 Å². The Bertz CT molecular complexity index is 582. The smallest absolute Gasteiger partial charge is 0.360 e. The number of esters is 1. The highest BCUT2D eigenvalue weighted by molar-refractivity contribution is 6.31. The van der Waals surface area contributed by atoms with E-state index in [0.717, 1.165) is 6.26 Å².